The summed E-state index contributed by atoms with van der Waals surface area (Å²) in [6, 6.07) is -0.547. The van der Waals surface area contributed by atoms with Crippen molar-refractivity contribution in [2.24, 2.45) is 0 Å². The SMILES string of the molecule is CCCCC/C=C\C/C=C\CCCCCCCCCCCC(=O)OCCCCCCCCCCCCCCCCCCCC(=O)NC(CO)C(O)CCCCCCCCCCCCCCCCCCCCCCCCCC. The standard InChI is InChI=1S/C71H137NO5/c1-3-5-7-9-11-13-15-17-19-21-23-24-25-26-27-29-31-35-39-43-47-51-55-59-63-69(74)68(67-73)72-70(75)64-60-56-52-48-44-40-36-32-30-34-38-42-46-50-54-58-62-66-77-71(76)65-61-57-53-49-45-41-37-33-28-22-20-18-16-14-12-10-8-6-4-2/h12,14,18,20,68-69,73-74H,3-11,13,15-17,19,21-67H2,1-2H3,(H,72,75)/b14-12-,20-18-. The quantitative estimate of drug-likeness (QED) is 0.0320. The maximum atomic E-state index is 12.6. The Labute approximate surface area is 481 Å². The van der Waals surface area contributed by atoms with Crippen molar-refractivity contribution in [1.82, 2.24) is 5.32 Å². The predicted molar refractivity (Wildman–Crippen MR) is 338 cm³/mol. The molecule has 0 aliphatic rings. The van der Waals surface area contributed by atoms with E-state index in [9.17, 15) is 19.8 Å². The molecule has 0 saturated heterocycles. The Bertz CT molecular complexity index is 1200. The average Bonchev–Trinajstić information content (AvgIpc) is 3.43. The van der Waals surface area contributed by atoms with Crippen LogP contribution in [0, 0.1) is 0 Å². The van der Waals surface area contributed by atoms with Gasteiger partial charge in [0, 0.05) is 12.8 Å². The monoisotopic (exact) mass is 1080 g/mol. The molecule has 3 N–H and O–H groups in total. The molecule has 0 aliphatic carbocycles. The lowest BCUT2D eigenvalue weighted by Gasteiger charge is -2.22. The number of carbonyl (C=O) groups is 2. The van der Waals surface area contributed by atoms with E-state index in [1.54, 1.807) is 0 Å². The third-order valence-corrected chi connectivity index (χ3v) is 16.5. The van der Waals surface area contributed by atoms with E-state index in [1.165, 1.54) is 308 Å². The summed E-state index contributed by atoms with van der Waals surface area (Å²) < 4.78 is 5.50. The second kappa shape index (κ2) is 66.8. The van der Waals surface area contributed by atoms with Crippen LogP contribution in [-0.4, -0.2) is 47.4 Å². The molecule has 0 rings (SSSR count). The molecule has 2 atom stereocenters. The number of hydrogen-bond donors (Lipinski definition) is 3. The van der Waals surface area contributed by atoms with E-state index >= 15 is 0 Å². The van der Waals surface area contributed by atoms with Crippen LogP contribution in [0.2, 0.25) is 0 Å². The number of unbranched alkanes of at least 4 members (excludes halogenated alkanes) is 51. The molecular weight excluding hydrogens is 947 g/mol. The minimum atomic E-state index is -0.670. The van der Waals surface area contributed by atoms with Crippen LogP contribution < -0.4 is 5.32 Å². The first-order valence-electron chi connectivity index (χ1n) is 35.1. The van der Waals surface area contributed by atoms with Gasteiger partial charge in [-0.1, -0.05) is 346 Å². The van der Waals surface area contributed by atoms with Crippen LogP contribution in [0.25, 0.3) is 0 Å². The maximum absolute atomic E-state index is 12.6. The zero-order valence-corrected chi connectivity index (χ0v) is 52.2. The van der Waals surface area contributed by atoms with Crippen molar-refractivity contribution in [2.75, 3.05) is 13.2 Å². The Balaban J connectivity index is 3.40. The molecule has 0 aliphatic heterocycles. The van der Waals surface area contributed by atoms with Gasteiger partial charge in [-0.2, -0.15) is 0 Å². The number of esters is 1. The number of rotatable bonds is 66. The van der Waals surface area contributed by atoms with E-state index in [2.05, 4.69) is 43.5 Å². The number of nitrogens with one attached hydrogen (secondary N) is 1. The van der Waals surface area contributed by atoms with Gasteiger partial charge in [0.05, 0.1) is 25.4 Å². The molecule has 1 amide bonds. The van der Waals surface area contributed by atoms with E-state index in [0.29, 0.717) is 25.9 Å². The summed E-state index contributed by atoms with van der Waals surface area (Å²) in [5, 5.41) is 23.4. The maximum Gasteiger partial charge on any atom is 0.305 e. The highest BCUT2D eigenvalue weighted by molar-refractivity contribution is 5.76. The topological polar surface area (TPSA) is 95.9 Å². The summed E-state index contributed by atoms with van der Waals surface area (Å²) in [5.74, 6) is -0.0327. The van der Waals surface area contributed by atoms with Crippen molar-refractivity contribution in [3.8, 4) is 0 Å². The second-order valence-electron chi connectivity index (χ2n) is 24.2. The molecule has 0 spiro atoms. The van der Waals surface area contributed by atoms with E-state index in [4.69, 9.17) is 4.74 Å². The summed E-state index contributed by atoms with van der Waals surface area (Å²) >= 11 is 0. The van der Waals surface area contributed by atoms with Gasteiger partial charge in [-0.05, 0) is 57.8 Å². The third kappa shape index (κ3) is 63.4. The first-order chi connectivity index (χ1) is 38.0. The molecule has 0 saturated carbocycles. The summed E-state index contributed by atoms with van der Waals surface area (Å²) in [5.41, 5.74) is 0. The van der Waals surface area contributed by atoms with E-state index in [-0.39, 0.29) is 18.5 Å². The number of allylic oxidation sites excluding steroid dienone is 4. The van der Waals surface area contributed by atoms with Gasteiger partial charge in [0.25, 0.3) is 0 Å². The highest BCUT2D eigenvalue weighted by Crippen LogP contribution is 2.19. The lowest BCUT2D eigenvalue weighted by molar-refractivity contribution is -0.143. The fourth-order valence-corrected chi connectivity index (χ4v) is 11.1. The minimum absolute atomic E-state index is 0.00294. The summed E-state index contributed by atoms with van der Waals surface area (Å²) in [6.45, 7) is 4.96. The molecular formula is C71H137NO5. The van der Waals surface area contributed by atoms with Gasteiger partial charge in [-0.25, -0.2) is 0 Å². The number of aliphatic hydroxyl groups is 2. The molecule has 0 aromatic carbocycles. The Morgan fingerprint density at radius 1 is 0.364 bits per heavy atom. The summed E-state index contributed by atoms with van der Waals surface area (Å²) in [6.07, 6.45) is 83.5. The van der Waals surface area contributed by atoms with Crippen molar-refractivity contribution in [1.29, 1.82) is 0 Å². The van der Waals surface area contributed by atoms with Crippen LogP contribution in [-0.2, 0) is 14.3 Å². The van der Waals surface area contributed by atoms with Gasteiger partial charge in [0.15, 0.2) is 0 Å². The fourth-order valence-electron chi connectivity index (χ4n) is 11.1. The Morgan fingerprint density at radius 2 is 0.649 bits per heavy atom. The number of carbonyl (C=O) groups excluding carboxylic acids is 2. The summed E-state index contributed by atoms with van der Waals surface area (Å²) in [7, 11) is 0. The van der Waals surface area contributed by atoms with Crippen LogP contribution in [0.1, 0.15) is 393 Å². The van der Waals surface area contributed by atoms with Crippen LogP contribution in [0.5, 0.6) is 0 Å². The number of ether oxygens (including phenoxy) is 1. The molecule has 6 nitrogen and oxygen atoms in total. The fraction of sp³-hybridized carbons (Fsp3) is 0.915. The smallest absolute Gasteiger partial charge is 0.305 e. The molecule has 456 valence electrons. The number of amides is 1. The summed E-state index contributed by atoms with van der Waals surface area (Å²) in [4.78, 5) is 24.7. The molecule has 0 radical (unpaired) electrons. The Hall–Kier alpha value is -1.66. The number of hydrogen-bond acceptors (Lipinski definition) is 5. The zero-order valence-electron chi connectivity index (χ0n) is 52.2. The van der Waals surface area contributed by atoms with Gasteiger partial charge < -0.3 is 20.3 Å². The highest BCUT2D eigenvalue weighted by Gasteiger charge is 2.20. The van der Waals surface area contributed by atoms with Crippen LogP contribution in [0.4, 0.5) is 0 Å². The minimum Gasteiger partial charge on any atom is -0.466 e. The molecule has 77 heavy (non-hydrogen) atoms. The normalized spacial score (nSPS) is 12.6. The number of aliphatic hydroxyl groups excluding tert-OH is 2. The van der Waals surface area contributed by atoms with Crippen LogP contribution in [0.3, 0.4) is 0 Å². The van der Waals surface area contributed by atoms with Gasteiger partial charge in [-0.15, -0.1) is 0 Å². The first-order valence-corrected chi connectivity index (χ1v) is 35.1. The molecule has 2 unspecified atom stereocenters. The Morgan fingerprint density at radius 3 is 1.01 bits per heavy atom. The molecule has 0 fully saturated rings. The van der Waals surface area contributed by atoms with Crippen molar-refractivity contribution in [3.63, 3.8) is 0 Å². The molecule has 6 heteroatoms. The highest BCUT2D eigenvalue weighted by atomic mass is 16.5. The van der Waals surface area contributed by atoms with Crippen molar-refractivity contribution >= 4 is 11.9 Å². The van der Waals surface area contributed by atoms with Crippen molar-refractivity contribution in [3.05, 3.63) is 24.3 Å². The lowest BCUT2D eigenvalue weighted by Crippen LogP contribution is -2.45. The van der Waals surface area contributed by atoms with E-state index in [0.717, 1.165) is 51.4 Å². The van der Waals surface area contributed by atoms with Gasteiger partial charge in [-0.3, -0.25) is 9.59 Å². The zero-order chi connectivity index (χ0) is 55.7. The predicted octanol–water partition coefficient (Wildman–Crippen LogP) is 22.5. The van der Waals surface area contributed by atoms with E-state index < -0.39 is 12.1 Å². The molecule has 0 bridgehead atoms. The van der Waals surface area contributed by atoms with Crippen molar-refractivity contribution < 1.29 is 24.5 Å². The van der Waals surface area contributed by atoms with Crippen molar-refractivity contribution in [2.45, 2.75) is 405 Å². The average molecular weight is 1080 g/mol. The van der Waals surface area contributed by atoms with E-state index in [1.807, 2.05) is 0 Å². The largest absolute Gasteiger partial charge is 0.466 e. The lowest BCUT2D eigenvalue weighted by atomic mass is 10.0. The molecule has 0 aromatic rings. The molecule has 0 heterocycles. The first kappa shape index (κ1) is 75.3. The van der Waals surface area contributed by atoms with Gasteiger partial charge >= 0.3 is 5.97 Å². The third-order valence-electron chi connectivity index (χ3n) is 16.5. The van der Waals surface area contributed by atoms with Crippen LogP contribution >= 0.6 is 0 Å². The molecule has 0 aromatic heterocycles. The van der Waals surface area contributed by atoms with Gasteiger partial charge in [0.2, 0.25) is 5.91 Å². The second-order valence-corrected chi connectivity index (χ2v) is 24.2. The Kier molecular flexibility index (Phi) is 65.4. The van der Waals surface area contributed by atoms with Gasteiger partial charge in [0.1, 0.15) is 0 Å². The van der Waals surface area contributed by atoms with Crippen LogP contribution in [0.15, 0.2) is 24.3 Å².